The molecule has 0 aliphatic rings. The van der Waals surface area contributed by atoms with Gasteiger partial charge in [0.05, 0.1) is 16.7 Å². The lowest BCUT2D eigenvalue weighted by Crippen LogP contribution is -1.96. The zero-order valence-corrected chi connectivity index (χ0v) is 13.1. The van der Waals surface area contributed by atoms with Crippen LogP contribution in [0.2, 0.25) is 0 Å². The smallest absolute Gasteiger partial charge is 0.182 e. The van der Waals surface area contributed by atoms with Crippen LogP contribution in [0.1, 0.15) is 11.1 Å². The van der Waals surface area contributed by atoms with Crippen molar-refractivity contribution in [2.45, 2.75) is 13.8 Å². The number of rotatable bonds is 1. The predicted octanol–water partition coefficient (Wildman–Crippen LogP) is 5.07. The number of hydrogen-bond donors (Lipinski definition) is 1. The van der Waals surface area contributed by atoms with E-state index in [1.165, 1.54) is 11.1 Å². The summed E-state index contributed by atoms with van der Waals surface area (Å²) in [4.78, 5) is 3.30. The van der Waals surface area contributed by atoms with Crippen molar-refractivity contribution in [3.63, 3.8) is 0 Å². The number of halogens is 1. The zero-order chi connectivity index (χ0) is 13.6. The third-order valence-corrected chi connectivity index (χ3v) is 4.10. The number of hydrogen-bond acceptors (Lipinski definition) is 1. The molecule has 0 amide bonds. The van der Waals surface area contributed by atoms with Crippen molar-refractivity contribution in [3.05, 3.63) is 56.8 Å². The Balaban J connectivity index is 2.40. The first-order valence-corrected chi connectivity index (χ1v) is 7.25. The summed E-state index contributed by atoms with van der Waals surface area (Å²) in [6, 6.07) is 12.5. The standard InChI is InChI=1S/C15H13BrN2S/c1-9-4-3-5-13-14(9)17-15(19)18(13)12-7-6-11(16)8-10(12)2/h3-8H,1-2H3,(H,17,19). The maximum atomic E-state index is 5.48. The first-order chi connectivity index (χ1) is 9.08. The molecule has 1 heterocycles. The molecule has 0 aliphatic heterocycles. The van der Waals surface area contributed by atoms with Gasteiger partial charge in [0, 0.05) is 4.47 Å². The highest BCUT2D eigenvalue weighted by molar-refractivity contribution is 9.10. The number of benzene rings is 2. The van der Waals surface area contributed by atoms with Gasteiger partial charge in [0.15, 0.2) is 4.77 Å². The van der Waals surface area contributed by atoms with Gasteiger partial charge in [-0.05, 0) is 61.5 Å². The van der Waals surface area contributed by atoms with Crippen LogP contribution in [0.15, 0.2) is 40.9 Å². The normalized spacial score (nSPS) is 11.1. The number of nitrogens with one attached hydrogen (secondary N) is 1. The molecule has 1 aromatic heterocycles. The number of para-hydroxylation sites is 1. The number of aromatic nitrogens is 2. The zero-order valence-electron chi connectivity index (χ0n) is 10.7. The van der Waals surface area contributed by atoms with E-state index in [9.17, 15) is 0 Å². The van der Waals surface area contributed by atoms with Crippen LogP contribution in [-0.4, -0.2) is 9.55 Å². The minimum Gasteiger partial charge on any atom is -0.330 e. The molecule has 96 valence electrons. The van der Waals surface area contributed by atoms with Crippen molar-refractivity contribution >= 4 is 39.2 Å². The van der Waals surface area contributed by atoms with Crippen LogP contribution in [0.5, 0.6) is 0 Å². The molecule has 0 spiro atoms. The van der Waals surface area contributed by atoms with Gasteiger partial charge in [-0.3, -0.25) is 4.57 Å². The summed E-state index contributed by atoms with van der Waals surface area (Å²) < 4.78 is 3.91. The summed E-state index contributed by atoms with van der Waals surface area (Å²) in [6.45, 7) is 4.18. The molecule has 0 aliphatic carbocycles. The number of fused-ring (bicyclic) bond motifs is 1. The van der Waals surface area contributed by atoms with E-state index in [4.69, 9.17) is 12.2 Å². The molecule has 1 N–H and O–H groups in total. The molecule has 0 atom stereocenters. The Labute approximate surface area is 125 Å². The number of aromatic amines is 1. The van der Waals surface area contributed by atoms with Crippen LogP contribution in [0.3, 0.4) is 0 Å². The summed E-state index contributed by atoms with van der Waals surface area (Å²) in [5, 5.41) is 0. The van der Waals surface area contributed by atoms with Crippen molar-refractivity contribution in [2.75, 3.05) is 0 Å². The second-order valence-electron chi connectivity index (χ2n) is 4.67. The first kappa shape index (κ1) is 12.6. The first-order valence-electron chi connectivity index (χ1n) is 6.05. The van der Waals surface area contributed by atoms with Crippen LogP contribution < -0.4 is 0 Å². The highest BCUT2D eigenvalue weighted by Crippen LogP contribution is 2.25. The highest BCUT2D eigenvalue weighted by atomic mass is 79.9. The van der Waals surface area contributed by atoms with E-state index in [1.54, 1.807) is 0 Å². The van der Waals surface area contributed by atoms with Gasteiger partial charge >= 0.3 is 0 Å². The fourth-order valence-corrected chi connectivity index (χ4v) is 3.16. The summed E-state index contributed by atoms with van der Waals surface area (Å²) >= 11 is 8.98. The molecule has 2 aromatic carbocycles. The quantitative estimate of drug-likeness (QED) is 0.617. The summed E-state index contributed by atoms with van der Waals surface area (Å²) in [6.07, 6.45) is 0. The topological polar surface area (TPSA) is 20.7 Å². The van der Waals surface area contributed by atoms with Gasteiger partial charge in [-0.15, -0.1) is 0 Å². The van der Waals surface area contributed by atoms with Gasteiger partial charge < -0.3 is 4.98 Å². The van der Waals surface area contributed by atoms with Gasteiger partial charge in [-0.25, -0.2) is 0 Å². The minimum absolute atomic E-state index is 0.731. The van der Waals surface area contributed by atoms with E-state index >= 15 is 0 Å². The van der Waals surface area contributed by atoms with Crippen LogP contribution in [0.25, 0.3) is 16.7 Å². The van der Waals surface area contributed by atoms with E-state index in [0.717, 1.165) is 26.0 Å². The Bertz CT molecular complexity index is 830. The highest BCUT2D eigenvalue weighted by Gasteiger charge is 2.09. The third-order valence-electron chi connectivity index (χ3n) is 3.33. The fraction of sp³-hybridized carbons (Fsp3) is 0.133. The second kappa shape index (κ2) is 4.62. The van der Waals surface area contributed by atoms with Gasteiger partial charge in [-0.1, -0.05) is 28.1 Å². The van der Waals surface area contributed by atoms with Crippen molar-refractivity contribution in [3.8, 4) is 5.69 Å². The summed E-state index contributed by atoms with van der Waals surface area (Å²) in [5.41, 5.74) is 5.74. The second-order valence-corrected chi connectivity index (χ2v) is 5.97. The largest absolute Gasteiger partial charge is 0.330 e. The van der Waals surface area contributed by atoms with Gasteiger partial charge in [0.25, 0.3) is 0 Å². The Morgan fingerprint density at radius 2 is 1.89 bits per heavy atom. The predicted molar refractivity (Wildman–Crippen MR) is 85.6 cm³/mol. The molecule has 0 bridgehead atoms. The SMILES string of the molecule is Cc1cc(Br)ccc1-n1c(=S)[nH]c2c(C)cccc21. The Morgan fingerprint density at radius 1 is 1.11 bits per heavy atom. The molecule has 2 nitrogen and oxygen atoms in total. The van der Waals surface area contributed by atoms with E-state index < -0.39 is 0 Å². The maximum Gasteiger partial charge on any atom is 0.182 e. The molecule has 3 aromatic rings. The lowest BCUT2D eigenvalue weighted by Gasteiger charge is -2.09. The number of nitrogens with zero attached hydrogens (tertiary/aromatic N) is 1. The minimum atomic E-state index is 0.731. The van der Waals surface area contributed by atoms with Crippen LogP contribution >= 0.6 is 28.1 Å². The lowest BCUT2D eigenvalue weighted by atomic mass is 10.2. The van der Waals surface area contributed by atoms with Crippen molar-refractivity contribution in [2.24, 2.45) is 0 Å². The molecule has 0 fully saturated rings. The molecule has 0 unspecified atom stereocenters. The Morgan fingerprint density at radius 3 is 2.63 bits per heavy atom. The molecular weight excluding hydrogens is 320 g/mol. The molecular formula is C15H13BrN2S. The maximum absolute atomic E-state index is 5.48. The Kier molecular flexibility index (Phi) is 3.07. The number of H-pyrrole nitrogens is 1. The molecule has 0 saturated carbocycles. The van der Waals surface area contributed by atoms with Crippen LogP contribution in [0, 0.1) is 18.6 Å². The van der Waals surface area contributed by atoms with Crippen LogP contribution in [0.4, 0.5) is 0 Å². The third kappa shape index (κ3) is 2.05. The number of aryl methyl sites for hydroxylation is 2. The van der Waals surface area contributed by atoms with Crippen molar-refractivity contribution in [1.82, 2.24) is 9.55 Å². The van der Waals surface area contributed by atoms with Crippen molar-refractivity contribution < 1.29 is 0 Å². The Hall–Kier alpha value is -1.39. The molecule has 4 heteroatoms. The molecule has 3 rings (SSSR count). The van der Waals surface area contributed by atoms with E-state index in [-0.39, 0.29) is 0 Å². The fourth-order valence-electron chi connectivity index (χ4n) is 2.38. The van der Waals surface area contributed by atoms with Gasteiger partial charge in [-0.2, -0.15) is 0 Å². The molecule has 0 saturated heterocycles. The number of imidazole rings is 1. The van der Waals surface area contributed by atoms with Crippen LogP contribution in [-0.2, 0) is 0 Å². The average molecular weight is 333 g/mol. The molecule has 19 heavy (non-hydrogen) atoms. The molecule has 0 radical (unpaired) electrons. The van der Waals surface area contributed by atoms with Gasteiger partial charge in [0.2, 0.25) is 0 Å². The summed E-state index contributed by atoms with van der Waals surface area (Å²) in [5.74, 6) is 0. The van der Waals surface area contributed by atoms with Gasteiger partial charge in [0.1, 0.15) is 0 Å². The monoisotopic (exact) mass is 332 g/mol. The summed E-state index contributed by atoms with van der Waals surface area (Å²) in [7, 11) is 0. The van der Waals surface area contributed by atoms with E-state index in [1.807, 2.05) is 6.07 Å². The van der Waals surface area contributed by atoms with E-state index in [0.29, 0.717) is 0 Å². The lowest BCUT2D eigenvalue weighted by molar-refractivity contribution is 1.05. The van der Waals surface area contributed by atoms with Crippen molar-refractivity contribution in [1.29, 1.82) is 0 Å². The average Bonchev–Trinajstić information content (AvgIpc) is 2.68. The van der Waals surface area contributed by atoms with E-state index in [2.05, 4.69) is 69.7 Å².